The van der Waals surface area contributed by atoms with Crippen molar-refractivity contribution in [2.75, 3.05) is 0 Å². The molecule has 0 fully saturated rings. The Morgan fingerprint density at radius 1 is 1.04 bits per heavy atom. The lowest BCUT2D eigenvalue weighted by Crippen LogP contribution is -2.27. The summed E-state index contributed by atoms with van der Waals surface area (Å²) < 4.78 is 30.9. The highest BCUT2D eigenvalue weighted by Gasteiger charge is 2.21. The van der Waals surface area contributed by atoms with E-state index in [1.807, 2.05) is 52.8 Å². The molecule has 3 rings (SSSR count). The van der Waals surface area contributed by atoms with Gasteiger partial charge in [0.15, 0.2) is 0 Å². The fourth-order valence-corrected chi connectivity index (χ4v) is 5.72. The van der Waals surface area contributed by atoms with E-state index in [4.69, 9.17) is 0 Å². The Morgan fingerprint density at radius 3 is 2.37 bits per heavy atom. The zero-order valence-corrected chi connectivity index (χ0v) is 17.7. The number of sulfonamides is 1. The van der Waals surface area contributed by atoms with E-state index in [0.29, 0.717) is 4.70 Å². The average molecular weight is 405 g/mol. The molecule has 0 saturated carbocycles. The zero-order valence-electron chi connectivity index (χ0n) is 16.1. The van der Waals surface area contributed by atoms with Crippen LogP contribution in [0, 0.1) is 13.8 Å². The number of thiazole rings is 1. The first kappa shape index (κ1) is 19.8. The van der Waals surface area contributed by atoms with Crippen molar-refractivity contribution in [1.82, 2.24) is 9.29 Å². The van der Waals surface area contributed by atoms with Gasteiger partial charge in [-0.1, -0.05) is 35.1 Å². The predicted octanol–water partition coefficient (Wildman–Crippen LogP) is 4.30. The third kappa shape index (κ3) is 3.85. The van der Waals surface area contributed by atoms with Gasteiger partial charge in [0, 0.05) is 12.1 Å². The summed E-state index contributed by atoms with van der Waals surface area (Å²) in [6.07, 6.45) is 0. The molecule has 0 unspecified atom stereocenters. The number of nitrogens with zero attached hydrogens (tertiary/aromatic N) is 1. The molecule has 0 saturated heterocycles. The second kappa shape index (κ2) is 7.22. The van der Waals surface area contributed by atoms with Gasteiger partial charge in [0.2, 0.25) is 10.0 Å². The van der Waals surface area contributed by atoms with Crippen LogP contribution in [0.15, 0.2) is 46.1 Å². The Hall–Kier alpha value is -1.96. The van der Waals surface area contributed by atoms with Crippen molar-refractivity contribution in [3.63, 3.8) is 0 Å². The molecule has 0 aliphatic carbocycles. The summed E-state index contributed by atoms with van der Waals surface area (Å²) in [7, 11) is -3.70. The smallest absolute Gasteiger partial charge is 0.296 e. The Balaban J connectivity index is 1.96. The minimum Gasteiger partial charge on any atom is -0.296 e. The summed E-state index contributed by atoms with van der Waals surface area (Å²) in [5, 5.41) is 0. The van der Waals surface area contributed by atoms with Gasteiger partial charge < -0.3 is 0 Å². The van der Waals surface area contributed by atoms with Crippen molar-refractivity contribution in [2.45, 2.75) is 51.6 Å². The van der Waals surface area contributed by atoms with E-state index in [1.165, 1.54) is 0 Å². The minimum atomic E-state index is -3.70. The Kier molecular flexibility index (Phi) is 5.29. The summed E-state index contributed by atoms with van der Waals surface area (Å²) >= 11 is 1.07. The lowest BCUT2D eigenvalue weighted by molar-refractivity contribution is 0.566. The molecule has 1 heterocycles. The summed E-state index contributed by atoms with van der Waals surface area (Å²) in [6, 6.07) is 10.5. The molecule has 0 radical (unpaired) electrons. The molecule has 0 aliphatic heterocycles. The summed E-state index contributed by atoms with van der Waals surface area (Å²) in [4.78, 5) is 12.3. The lowest BCUT2D eigenvalue weighted by Gasteiger charge is -2.17. The summed E-state index contributed by atoms with van der Waals surface area (Å²) in [5.41, 5.74) is 3.90. The van der Waals surface area contributed by atoms with Gasteiger partial charge in [0.1, 0.15) is 0 Å². The number of benzene rings is 2. The van der Waals surface area contributed by atoms with Crippen LogP contribution in [-0.4, -0.2) is 13.0 Å². The van der Waals surface area contributed by atoms with Crippen molar-refractivity contribution in [3.05, 3.63) is 62.8 Å². The standard InChI is InChI=1S/C20H24N2O3S2/c1-12(2)22-18-9-7-16(11-19(18)26-20(22)23)27(24,25)21-15(5)17-8-6-13(3)10-14(17)4/h6-12,15,21H,1-5H3/t15-/m0/s1. The van der Waals surface area contributed by atoms with E-state index < -0.39 is 10.0 Å². The number of hydrogen-bond donors (Lipinski definition) is 1. The maximum Gasteiger partial charge on any atom is 0.308 e. The topological polar surface area (TPSA) is 68.2 Å². The third-order valence-electron chi connectivity index (χ3n) is 4.64. The minimum absolute atomic E-state index is 0.0244. The van der Waals surface area contributed by atoms with Crippen molar-refractivity contribution >= 4 is 31.6 Å². The van der Waals surface area contributed by atoms with E-state index in [-0.39, 0.29) is 21.9 Å². The normalized spacial score (nSPS) is 13.4. The lowest BCUT2D eigenvalue weighted by atomic mass is 10.0. The van der Waals surface area contributed by atoms with Gasteiger partial charge in [-0.25, -0.2) is 13.1 Å². The quantitative estimate of drug-likeness (QED) is 0.689. The van der Waals surface area contributed by atoms with Gasteiger partial charge in [0.05, 0.1) is 15.1 Å². The predicted molar refractivity (Wildman–Crippen MR) is 111 cm³/mol. The summed E-state index contributed by atoms with van der Waals surface area (Å²) in [5.74, 6) is 0. The molecule has 1 N–H and O–H groups in total. The third-order valence-corrected chi connectivity index (χ3v) is 7.09. The Morgan fingerprint density at radius 2 is 1.74 bits per heavy atom. The number of rotatable bonds is 5. The first-order chi connectivity index (χ1) is 12.6. The molecule has 0 amide bonds. The molecular weight excluding hydrogens is 380 g/mol. The number of aromatic nitrogens is 1. The van der Waals surface area contributed by atoms with Gasteiger partial charge in [-0.2, -0.15) is 0 Å². The molecule has 3 aromatic rings. The van der Waals surface area contributed by atoms with Gasteiger partial charge in [-0.05, 0) is 63.9 Å². The van der Waals surface area contributed by atoms with E-state index >= 15 is 0 Å². The monoisotopic (exact) mass is 404 g/mol. The SMILES string of the molecule is Cc1ccc([C@H](C)NS(=O)(=O)c2ccc3c(c2)sc(=O)n3C(C)C)c(C)c1. The Bertz CT molecular complexity index is 1160. The van der Waals surface area contributed by atoms with Gasteiger partial charge in [0.25, 0.3) is 0 Å². The van der Waals surface area contributed by atoms with E-state index in [2.05, 4.69) is 4.72 Å². The molecule has 7 heteroatoms. The number of fused-ring (bicyclic) bond motifs is 1. The van der Waals surface area contributed by atoms with Crippen molar-refractivity contribution in [2.24, 2.45) is 0 Å². The molecule has 144 valence electrons. The average Bonchev–Trinajstić information content (AvgIpc) is 2.89. The Labute approximate surface area is 163 Å². The molecule has 27 heavy (non-hydrogen) atoms. The molecular formula is C20H24N2O3S2. The van der Waals surface area contributed by atoms with Crippen LogP contribution >= 0.6 is 11.3 Å². The first-order valence-corrected chi connectivity index (χ1v) is 11.1. The molecule has 0 bridgehead atoms. The van der Waals surface area contributed by atoms with Crippen LogP contribution in [0.4, 0.5) is 0 Å². The number of nitrogens with one attached hydrogen (secondary N) is 1. The zero-order chi connectivity index (χ0) is 19.9. The van der Waals surface area contributed by atoms with Crippen molar-refractivity contribution < 1.29 is 8.42 Å². The summed E-state index contributed by atoms with van der Waals surface area (Å²) in [6.45, 7) is 9.69. The largest absolute Gasteiger partial charge is 0.308 e. The van der Waals surface area contributed by atoms with Crippen molar-refractivity contribution in [3.8, 4) is 0 Å². The van der Waals surface area contributed by atoms with E-state index in [1.54, 1.807) is 22.8 Å². The van der Waals surface area contributed by atoms with Gasteiger partial charge >= 0.3 is 4.87 Å². The highest BCUT2D eigenvalue weighted by molar-refractivity contribution is 7.89. The van der Waals surface area contributed by atoms with Crippen LogP contribution in [-0.2, 0) is 10.0 Å². The van der Waals surface area contributed by atoms with Crippen LogP contribution in [0.1, 0.15) is 49.5 Å². The van der Waals surface area contributed by atoms with Crippen LogP contribution in [0.2, 0.25) is 0 Å². The molecule has 0 aliphatic rings. The molecule has 1 atom stereocenters. The highest BCUT2D eigenvalue weighted by Crippen LogP contribution is 2.26. The molecule has 0 spiro atoms. The molecule has 1 aromatic heterocycles. The number of aryl methyl sites for hydroxylation is 2. The molecule has 5 nitrogen and oxygen atoms in total. The second-order valence-electron chi connectivity index (χ2n) is 7.16. The van der Waals surface area contributed by atoms with Crippen molar-refractivity contribution in [1.29, 1.82) is 0 Å². The van der Waals surface area contributed by atoms with Crippen LogP contribution in [0.25, 0.3) is 10.2 Å². The second-order valence-corrected chi connectivity index (χ2v) is 9.87. The number of hydrogen-bond acceptors (Lipinski definition) is 4. The molecule has 2 aromatic carbocycles. The van der Waals surface area contributed by atoms with E-state index in [0.717, 1.165) is 33.5 Å². The first-order valence-electron chi connectivity index (χ1n) is 8.84. The fourth-order valence-electron chi connectivity index (χ4n) is 3.35. The van der Waals surface area contributed by atoms with Crippen LogP contribution in [0.3, 0.4) is 0 Å². The fraction of sp³-hybridized carbons (Fsp3) is 0.350. The van der Waals surface area contributed by atoms with E-state index in [9.17, 15) is 13.2 Å². The maximum atomic E-state index is 12.9. The van der Waals surface area contributed by atoms with Gasteiger partial charge in [-0.3, -0.25) is 9.36 Å². The highest BCUT2D eigenvalue weighted by atomic mass is 32.2. The maximum absolute atomic E-state index is 12.9. The van der Waals surface area contributed by atoms with Crippen LogP contribution < -0.4 is 9.60 Å². The van der Waals surface area contributed by atoms with Gasteiger partial charge in [-0.15, -0.1) is 0 Å². The van der Waals surface area contributed by atoms with Crippen LogP contribution in [0.5, 0.6) is 0 Å².